The fourth-order valence-corrected chi connectivity index (χ4v) is 4.99. The molecule has 24 heavy (non-hydrogen) atoms. The van der Waals surface area contributed by atoms with Crippen molar-refractivity contribution in [2.45, 2.75) is 63.5 Å². The summed E-state index contributed by atoms with van der Waals surface area (Å²) in [7, 11) is 0. The lowest BCUT2D eigenvalue weighted by molar-refractivity contribution is 0.234. The first kappa shape index (κ1) is 16.3. The number of carbonyl (C=O) groups excluding carboxylic acids is 1. The molecule has 0 spiro atoms. The van der Waals surface area contributed by atoms with Gasteiger partial charge in [-0.15, -0.1) is 11.3 Å². The first-order chi connectivity index (χ1) is 11.8. The average molecular weight is 349 g/mol. The minimum atomic E-state index is -0.0521. The summed E-state index contributed by atoms with van der Waals surface area (Å²) in [6.07, 6.45) is 9.23. The number of carbonyl (C=O) groups is 1. The number of aromatic nitrogens is 1. The number of hydrogen-bond acceptors (Lipinski definition) is 4. The van der Waals surface area contributed by atoms with Gasteiger partial charge < -0.3 is 15.5 Å². The fraction of sp³-hybridized carbons (Fsp3) is 0.778. The predicted octanol–water partition coefficient (Wildman–Crippen LogP) is 3.08. The molecule has 2 N–H and O–H groups in total. The molecule has 1 atom stereocenters. The van der Waals surface area contributed by atoms with Crippen LogP contribution in [-0.2, 0) is 6.54 Å². The van der Waals surface area contributed by atoms with Crippen molar-refractivity contribution in [1.29, 1.82) is 0 Å². The molecular weight excluding hydrogens is 320 g/mol. The van der Waals surface area contributed by atoms with Gasteiger partial charge in [0.05, 0.1) is 17.2 Å². The number of thiazole rings is 1. The summed E-state index contributed by atoms with van der Waals surface area (Å²) in [6, 6.07) is 0.243. The van der Waals surface area contributed by atoms with Crippen LogP contribution in [0.4, 0.5) is 4.79 Å². The average Bonchev–Trinajstić information content (AvgIpc) is 2.98. The Morgan fingerprint density at radius 2 is 2.08 bits per heavy atom. The Bertz CT molecular complexity index is 565. The molecule has 0 aromatic carbocycles. The van der Waals surface area contributed by atoms with E-state index < -0.39 is 0 Å². The second-order valence-corrected chi connectivity index (χ2v) is 8.56. The third-order valence-corrected chi connectivity index (χ3v) is 6.58. The molecule has 4 rings (SSSR count). The number of nitrogens with zero attached hydrogens (tertiary/aromatic N) is 2. The standard InChI is InChI=1S/C18H28N4OS/c23-18(19-9-16-12-24-17(20-16)14-5-6-14)21-15-7-8-22(11-15)10-13-3-1-2-4-13/h12-15H,1-11H2,(H2,19,21,23)/t15-/m0/s1. The van der Waals surface area contributed by atoms with E-state index >= 15 is 0 Å². The predicted molar refractivity (Wildman–Crippen MR) is 96.3 cm³/mol. The number of rotatable bonds is 6. The van der Waals surface area contributed by atoms with Gasteiger partial charge in [0.2, 0.25) is 0 Å². The number of urea groups is 1. The lowest BCUT2D eigenvalue weighted by Crippen LogP contribution is -2.43. The summed E-state index contributed by atoms with van der Waals surface area (Å²) in [5.41, 5.74) is 0.992. The molecule has 2 heterocycles. The van der Waals surface area contributed by atoms with E-state index in [9.17, 15) is 4.79 Å². The molecule has 0 unspecified atom stereocenters. The number of hydrogen-bond donors (Lipinski definition) is 2. The molecule has 3 fully saturated rings. The second kappa shape index (κ2) is 7.40. The molecule has 2 amide bonds. The number of likely N-dealkylation sites (tertiary alicyclic amines) is 1. The van der Waals surface area contributed by atoms with Gasteiger partial charge in [0.1, 0.15) is 0 Å². The smallest absolute Gasteiger partial charge is 0.315 e. The van der Waals surface area contributed by atoms with Crippen molar-refractivity contribution in [2.75, 3.05) is 19.6 Å². The van der Waals surface area contributed by atoms with E-state index in [2.05, 4.69) is 25.9 Å². The molecule has 2 saturated carbocycles. The fourth-order valence-electron chi connectivity index (χ4n) is 4.00. The van der Waals surface area contributed by atoms with Crippen LogP contribution in [0.1, 0.15) is 61.6 Å². The maximum Gasteiger partial charge on any atom is 0.315 e. The molecule has 1 aromatic heterocycles. The minimum absolute atomic E-state index is 0.0521. The molecule has 1 aromatic rings. The van der Waals surface area contributed by atoms with Crippen LogP contribution >= 0.6 is 11.3 Å². The Morgan fingerprint density at radius 3 is 2.88 bits per heavy atom. The van der Waals surface area contributed by atoms with E-state index in [1.165, 1.54) is 50.1 Å². The lowest BCUT2D eigenvalue weighted by Gasteiger charge is -2.20. The molecule has 5 nitrogen and oxygen atoms in total. The lowest BCUT2D eigenvalue weighted by atomic mass is 10.1. The van der Waals surface area contributed by atoms with E-state index in [4.69, 9.17) is 0 Å². The van der Waals surface area contributed by atoms with Crippen molar-refractivity contribution in [3.63, 3.8) is 0 Å². The highest BCUT2D eigenvalue weighted by Gasteiger charge is 2.28. The van der Waals surface area contributed by atoms with Crippen molar-refractivity contribution in [3.05, 3.63) is 16.1 Å². The summed E-state index contributed by atoms with van der Waals surface area (Å²) < 4.78 is 0. The largest absolute Gasteiger partial charge is 0.334 e. The highest BCUT2D eigenvalue weighted by atomic mass is 32.1. The zero-order valence-corrected chi connectivity index (χ0v) is 15.1. The second-order valence-electron chi connectivity index (χ2n) is 7.67. The van der Waals surface area contributed by atoms with Crippen LogP contribution in [0.15, 0.2) is 5.38 Å². The van der Waals surface area contributed by atoms with Crippen LogP contribution in [0.25, 0.3) is 0 Å². The van der Waals surface area contributed by atoms with Crippen LogP contribution in [0.5, 0.6) is 0 Å². The van der Waals surface area contributed by atoms with Crippen molar-refractivity contribution >= 4 is 17.4 Å². The van der Waals surface area contributed by atoms with E-state index in [1.807, 2.05) is 0 Å². The Hall–Kier alpha value is -1.14. The maximum absolute atomic E-state index is 12.1. The quantitative estimate of drug-likeness (QED) is 0.831. The Morgan fingerprint density at radius 1 is 1.25 bits per heavy atom. The molecule has 6 heteroatoms. The summed E-state index contributed by atoms with van der Waals surface area (Å²) in [5.74, 6) is 1.59. The van der Waals surface area contributed by atoms with E-state index in [1.54, 1.807) is 11.3 Å². The van der Waals surface area contributed by atoms with Gasteiger partial charge >= 0.3 is 6.03 Å². The van der Waals surface area contributed by atoms with E-state index in [0.29, 0.717) is 18.5 Å². The van der Waals surface area contributed by atoms with Gasteiger partial charge in [0, 0.05) is 37.0 Å². The zero-order chi connectivity index (χ0) is 16.4. The molecule has 3 aliphatic rings. The first-order valence-corrected chi connectivity index (χ1v) is 10.4. The molecular formula is C18H28N4OS. The zero-order valence-electron chi connectivity index (χ0n) is 14.3. The van der Waals surface area contributed by atoms with Crippen LogP contribution in [0, 0.1) is 5.92 Å². The molecule has 1 aliphatic heterocycles. The highest BCUT2D eigenvalue weighted by Crippen LogP contribution is 2.41. The summed E-state index contributed by atoms with van der Waals surface area (Å²) in [5, 5.41) is 9.41. The topological polar surface area (TPSA) is 57.3 Å². The van der Waals surface area contributed by atoms with Gasteiger partial charge in [-0.2, -0.15) is 0 Å². The van der Waals surface area contributed by atoms with Gasteiger partial charge in [0.15, 0.2) is 0 Å². The summed E-state index contributed by atoms with van der Waals surface area (Å²) in [6.45, 7) is 3.89. The van der Waals surface area contributed by atoms with Gasteiger partial charge in [-0.25, -0.2) is 9.78 Å². The number of amides is 2. The Labute approximate surface area is 148 Å². The van der Waals surface area contributed by atoms with Gasteiger partial charge in [0.25, 0.3) is 0 Å². The van der Waals surface area contributed by atoms with Crippen LogP contribution in [0.2, 0.25) is 0 Å². The van der Waals surface area contributed by atoms with Crippen LogP contribution < -0.4 is 10.6 Å². The van der Waals surface area contributed by atoms with E-state index in [-0.39, 0.29) is 6.03 Å². The number of nitrogens with one attached hydrogen (secondary N) is 2. The molecule has 1 saturated heterocycles. The third-order valence-electron chi connectivity index (χ3n) is 5.52. The third kappa shape index (κ3) is 4.28. The van der Waals surface area contributed by atoms with Crippen LogP contribution in [0.3, 0.4) is 0 Å². The minimum Gasteiger partial charge on any atom is -0.334 e. The maximum atomic E-state index is 12.1. The Balaban J connectivity index is 1.16. The first-order valence-electron chi connectivity index (χ1n) is 9.47. The van der Waals surface area contributed by atoms with Gasteiger partial charge in [-0.1, -0.05) is 12.8 Å². The summed E-state index contributed by atoms with van der Waals surface area (Å²) >= 11 is 1.73. The Kier molecular flexibility index (Phi) is 5.03. The highest BCUT2D eigenvalue weighted by molar-refractivity contribution is 7.09. The van der Waals surface area contributed by atoms with Crippen molar-refractivity contribution < 1.29 is 4.79 Å². The molecule has 0 bridgehead atoms. The van der Waals surface area contributed by atoms with Crippen LogP contribution in [-0.4, -0.2) is 41.6 Å². The molecule has 2 aliphatic carbocycles. The molecule has 0 radical (unpaired) electrons. The van der Waals surface area contributed by atoms with Gasteiger partial charge in [-0.05, 0) is 38.0 Å². The van der Waals surface area contributed by atoms with E-state index in [0.717, 1.165) is 31.1 Å². The SMILES string of the molecule is O=C(NCc1csc(C2CC2)n1)N[C@H]1CCN(CC2CCCC2)C1. The van der Waals surface area contributed by atoms with Gasteiger partial charge in [-0.3, -0.25) is 0 Å². The van der Waals surface area contributed by atoms with Crippen molar-refractivity contribution in [2.24, 2.45) is 5.92 Å². The normalized spacial score (nSPS) is 25.2. The van der Waals surface area contributed by atoms with Crippen molar-refractivity contribution in [1.82, 2.24) is 20.5 Å². The summed E-state index contributed by atoms with van der Waals surface area (Å²) in [4.78, 5) is 19.3. The monoisotopic (exact) mass is 348 g/mol. The molecule has 132 valence electrons. The van der Waals surface area contributed by atoms with Crippen molar-refractivity contribution in [3.8, 4) is 0 Å².